The van der Waals surface area contributed by atoms with Gasteiger partial charge in [0.15, 0.2) is 0 Å². The predicted molar refractivity (Wildman–Crippen MR) is 92.5 cm³/mol. The molecule has 6 heteroatoms. The van der Waals surface area contributed by atoms with Gasteiger partial charge in [-0.05, 0) is 61.6 Å². The average molecular weight is 383 g/mol. The van der Waals surface area contributed by atoms with Crippen LogP contribution in [0.25, 0.3) is 0 Å². The van der Waals surface area contributed by atoms with Crippen LogP contribution >= 0.6 is 15.9 Å². The summed E-state index contributed by atoms with van der Waals surface area (Å²) in [6.07, 6.45) is 0. The van der Waals surface area contributed by atoms with E-state index < -0.39 is 9.84 Å². The van der Waals surface area contributed by atoms with Gasteiger partial charge in [0, 0.05) is 16.7 Å². The number of anilines is 1. The van der Waals surface area contributed by atoms with E-state index in [1.165, 1.54) is 12.1 Å². The van der Waals surface area contributed by atoms with Gasteiger partial charge in [0.05, 0.1) is 9.79 Å². The Morgan fingerprint density at radius 3 is 2.32 bits per heavy atom. The second-order valence-corrected chi connectivity index (χ2v) is 8.06. The van der Waals surface area contributed by atoms with Crippen LogP contribution in [0.15, 0.2) is 56.7 Å². The molecular weight excluding hydrogens is 364 g/mol. The smallest absolute Gasteiger partial charge is 0.206 e. The highest BCUT2D eigenvalue weighted by atomic mass is 79.9. The number of nitrogens with zero attached hydrogens (tertiary/aromatic N) is 1. The predicted octanol–water partition coefficient (Wildman–Crippen LogP) is 3.32. The molecule has 2 rings (SSSR count). The minimum atomic E-state index is -3.55. The van der Waals surface area contributed by atoms with Crippen LogP contribution in [-0.2, 0) is 16.4 Å². The standard InChI is InChI=1S/C16H19BrN2O2S/c1-3-19(2)11-12-8-13(17)10-16(9-12)22(20,21)15-6-4-14(18)5-7-15/h4-10H,3,11,18H2,1-2H3. The topological polar surface area (TPSA) is 63.4 Å². The molecule has 22 heavy (non-hydrogen) atoms. The molecule has 2 aromatic rings. The minimum Gasteiger partial charge on any atom is -0.399 e. The van der Waals surface area contributed by atoms with Gasteiger partial charge >= 0.3 is 0 Å². The number of hydrogen-bond acceptors (Lipinski definition) is 4. The Bertz CT molecular complexity index is 758. The zero-order valence-corrected chi connectivity index (χ0v) is 15.0. The van der Waals surface area contributed by atoms with E-state index in [4.69, 9.17) is 5.73 Å². The average Bonchev–Trinajstić information content (AvgIpc) is 2.47. The summed E-state index contributed by atoms with van der Waals surface area (Å²) >= 11 is 3.40. The molecule has 118 valence electrons. The maximum Gasteiger partial charge on any atom is 0.206 e. The number of rotatable bonds is 5. The molecule has 4 nitrogen and oxygen atoms in total. The van der Waals surface area contributed by atoms with Crippen LogP contribution in [0.1, 0.15) is 12.5 Å². The zero-order chi connectivity index (χ0) is 16.3. The first-order valence-corrected chi connectivity index (χ1v) is 9.19. The fourth-order valence-corrected chi connectivity index (χ4v) is 4.12. The molecule has 0 atom stereocenters. The van der Waals surface area contributed by atoms with Crippen molar-refractivity contribution in [1.29, 1.82) is 0 Å². The first-order valence-electron chi connectivity index (χ1n) is 6.91. The molecule has 0 saturated carbocycles. The number of sulfone groups is 1. The van der Waals surface area contributed by atoms with Crippen LogP contribution in [0.3, 0.4) is 0 Å². The third-order valence-corrected chi connectivity index (χ3v) is 5.63. The highest BCUT2D eigenvalue weighted by Gasteiger charge is 2.19. The van der Waals surface area contributed by atoms with Crippen LogP contribution in [0.2, 0.25) is 0 Å². The lowest BCUT2D eigenvalue weighted by molar-refractivity contribution is 0.345. The first kappa shape index (κ1) is 17.0. The monoisotopic (exact) mass is 382 g/mol. The first-order chi connectivity index (χ1) is 10.3. The Kier molecular flexibility index (Phi) is 5.26. The molecule has 0 bridgehead atoms. The van der Waals surface area contributed by atoms with E-state index in [1.54, 1.807) is 24.3 Å². The Balaban J connectivity index is 2.44. The number of halogens is 1. The molecule has 0 radical (unpaired) electrons. The minimum absolute atomic E-state index is 0.245. The molecule has 0 amide bonds. The molecule has 2 N–H and O–H groups in total. The number of hydrogen-bond donors (Lipinski definition) is 1. The van der Waals surface area contributed by atoms with Gasteiger partial charge in [0.25, 0.3) is 0 Å². The van der Waals surface area contributed by atoms with Crippen LogP contribution in [0.5, 0.6) is 0 Å². The van der Waals surface area contributed by atoms with Gasteiger partial charge < -0.3 is 10.6 Å². The van der Waals surface area contributed by atoms with Gasteiger partial charge in [-0.25, -0.2) is 8.42 Å². The lowest BCUT2D eigenvalue weighted by Crippen LogP contribution is -2.17. The molecule has 0 fully saturated rings. The quantitative estimate of drug-likeness (QED) is 0.805. The molecule has 0 unspecified atom stereocenters. The van der Waals surface area contributed by atoms with E-state index in [0.717, 1.165) is 16.6 Å². The molecule has 0 aliphatic heterocycles. The van der Waals surface area contributed by atoms with Crippen molar-refractivity contribution in [2.75, 3.05) is 19.3 Å². The molecular formula is C16H19BrN2O2S. The van der Waals surface area contributed by atoms with Crippen molar-refractivity contribution >= 4 is 31.5 Å². The van der Waals surface area contributed by atoms with E-state index >= 15 is 0 Å². The molecule has 0 aromatic heterocycles. The summed E-state index contributed by atoms with van der Waals surface area (Å²) in [5, 5.41) is 0. The second-order valence-electron chi connectivity index (χ2n) is 5.20. The Labute approximate surface area is 140 Å². The summed E-state index contributed by atoms with van der Waals surface area (Å²) in [5.74, 6) is 0. The molecule has 0 heterocycles. The normalized spacial score (nSPS) is 11.8. The number of benzene rings is 2. The molecule has 0 spiro atoms. The van der Waals surface area contributed by atoms with Crippen molar-refractivity contribution < 1.29 is 8.42 Å². The lowest BCUT2D eigenvalue weighted by atomic mass is 10.2. The third kappa shape index (κ3) is 3.88. The van der Waals surface area contributed by atoms with E-state index in [1.807, 2.05) is 13.1 Å². The SMILES string of the molecule is CCN(C)Cc1cc(Br)cc(S(=O)(=O)c2ccc(N)cc2)c1. The maximum absolute atomic E-state index is 12.7. The maximum atomic E-state index is 12.7. The van der Waals surface area contributed by atoms with Crippen molar-refractivity contribution in [2.24, 2.45) is 0 Å². The van der Waals surface area contributed by atoms with Crippen molar-refractivity contribution in [3.05, 3.63) is 52.5 Å². The molecule has 0 aliphatic carbocycles. The van der Waals surface area contributed by atoms with Gasteiger partial charge in [-0.15, -0.1) is 0 Å². The highest BCUT2D eigenvalue weighted by molar-refractivity contribution is 9.10. The zero-order valence-electron chi connectivity index (χ0n) is 12.6. The van der Waals surface area contributed by atoms with Crippen molar-refractivity contribution in [2.45, 2.75) is 23.3 Å². The molecule has 0 saturated heterocycles. The highest BCUT2D eigenvalue weighted by Crippen LogP contribution is 2.26. The van der Waals surface area contributed by atoms with Gasteiger partial charge in [-0.2, -0.15) is 0 Å². The van der Waals surface area contributed by atoms with E-state index in [-0.39, 0.29) is 9.79 Å². The van der Waals surface area contributed by atoms with Crippen LogP contribution in [0.4, 0.5) is 5.69 Å². The van der Waals surface area contributed by atoms with E-state index in [2.05, 4.69) is 27.8 Å². The Hall–Kier alpha value is -1.37. The van der Waals surface area contributed by atoms with Gasteiger partial charge in [0.1, 0.15) is 0 Å². The largest absolute Gasteiger partial charge is 0.399 e. The van der Waals surface area contributed by atoms with Gasteiger partial charge in [-0.3, -0.25) is 0 Å². The summed E-state index contributed by atoms with van der Waals surface area (Å²) in [7, 11) is -1.55. The van der Waals surface area contributed by atoms with Crippen molar-refractivity contribution in [3.63, 3.8) is 0 Å². The lowest BCUT2D eigenvalue weighted by Gasteiger charge is -2.15. The fourth-order valence-electron chi connectivity index (χ4n) is 2.07. The summed E-state index contributed by atoms with van der Waals surface area (Å²) in [6, 6.07) is 11.5. The molecule has 0 aliphatic rings. The Morgan fingerprint density at radius 1 is 1.09 bits per heavy atom. The molecule has 2 aromatic carbocycles. The summed E-state index contributed by atoms with van der Waals surface area (Å²) < 4.78 is 26.2. The fraction of sp³-hybridized carbons (Fsp3) is 0.250. The number of nitrogen functional groups attached to an aromatic ring is 1. The summed E-state index contributed by atoms with van der Waals surface area (Å²) in [4.78, 5) is 2.64. The van der Waals surface area contributed by atoms with Crippen molar-refractivity contribution in [1.82, 2.24) is 4.90 Å². The third-order valence-electron chi connectivity index (χ3n) is 3.42. The van der Waals surface area contributed by atoms with Gasteiger partial charge in [-0.1, -0.05) is 22.9 Å². The van der Waals surface area contributed by atoms with Gasteiger partial charge in [0.2, 0.25) is 9.84 Å². The van der Waals surface area contributed by atoms with E-state index in [9.17, 15) is 8.42 Å². The summed E-state index contributed by atoms with van der Waals surface area (Å²) in [6.45, 7) is 3.65. The second kappa shape index (κ2) is 6.81. The Morgan fingerprint density at radius 2 is 1.73 bits per heavy atom. The van der Waals surface area contributed by atoms with Crippen LogP contribution in [-0.4, -0.2) is 26.9 Å². The van der Waals surface area contributed by atoms with Crippen LogP contribution in [0, 0.1) is 0 Å². The summed E-state index contributed by atoms with van der Waals surface area (Å²) in [5.41, 5.74) is 7.11. The van der Waals surface area contributed by atoms with Crippen LogP contribution < -0.4 is 5.73 Å². The van der Waals surface area contributed by atoms with E-state index in [0.29, 0.717) is 12.2 Å². The van der Waals surface area contributed by atoms with Crippen molar-refractivity contribution in [3.8, 4) is 0 Å². The number of nitrogens with two attached hydrogens (primary N) is 1.